The van der Waals surface area contributed by atoms with Gasteiger partial charge in [0.25, 0.3) is 0 Å². The molecule has 0 fully saturated rings. The molecule has 57 valence electrons. The van der Waals surface area contributed by atoms with Crippen molar-refractivity contribution in [1.29, 1.82) is 0 Å². The van der Waals surface area contributed by atoms with Gasteiger partial charge in [0.15, 0.2) is 0 Å². The van der Waals surface area contributed by atoms with Crippen LogP contribution in [-0.2, 0) is 11.2 Å². The summed E-state index contributed by atoms with van der Waals surface area (Å²) in [6, 6.07) is 9.56. The summed E-state index contributed by atoms with van der Waals surface area (Å²) in [7, 11) is 0. The molecular weight excluding hydrogens is 277 g/mol. The van der Waals surface area contributed by atoms with Crippen LogP contribution in [0.15, 0.2) is 30.3 Å². The minimum atomic E-state index is 0. The Morgan fingerprint density at radius 2 is 1.80 bits per heavy atom. The Labute approximate surface area is 90.4 Å². The van der Waals surface area contributed by atoms with Crippen LogP contribution in [0.4, 0.5) is 0 Å². The van der Waals surface area contributed by atoms with Crippen LogP contribution in [0.3, 0.4) is 0 Å². The Morgan fingerprint density at radius 1 is 1.20 bits per heavy atom. The topological polar surface area (TPSA) is 17.1 Å². The molecule has 0 aromatic heterocycles. The Balaban J connectivity index is 0.000000810. The maximum Gasteiger partial charge on any atom is 0 e. The molecule has 0 N–H and O–H groups in total. The van der Waals surface area contributed by atoms with Crippen LogP contribution in [0.1, 0.15) is 5.56 Å². The fourth-order valence-corrected chi connectivity index (χ4v) is 0.679. The van der Waals surface area contributed by atoms with Crippen molar-refractivity contribution in [2.75, 3.05) is 0 Å². The summed E-state index contributed by atoms with van der Waals surface area (Å²) in [6.45, 7) is 0. The van der Waals surface area contributed by atoms with Gasteiger partial charge in [-0.05, 0) is 0 Å². The van der Waals surface area contributed by atoms with Crippen LogP contribution in [0, 0.1) is 37.7 Å². The molecule has 1 aromatic rings. The monoisotopic (exact) mass is 284 g/mol. The zero-order valence-corrected chi connectivity index (χ0v) is 7.24. The van der Waals surface area contributed by atoms with Gasteiger partial charge in [-0.3, -0.25) is 6.29 Å². The molecule has 10 heavy (non-hydrogen) atoms. The summed E-state index contributed by atoms with van der Waals surface area (Å²) in [5.74, 6) is 0. The van der Waals surface area contributed by atoms with Gasteiger partial charge in [0.05, 0.1) is 0 Å². The SMILES string of the molecule is O=[C-]Cc1ccccc1.[Ho]. The van der Waals surface area contributed by atoms with Gasteiger partial charge < -0.3 is 4.79 Å². The molecule has 0 saturated heterocycles. The number of carbonyl (C=O) groups excluding carboxylic acids is 1. The minimum absolute atomic E-state index is 0. The molecule has 1 aromatic carbocycles. The normalized spacial score (nSPS) is 8.00. The summed E-state index contributed by atoms with van der Waals surface area (Å²) in [5.41, 5.74) is 1.02. The van der Waals surface area contributed by atoms with Gasteiger partial charge in [-0.25, -0.2) is 0 Å². The molecule has 0 heterocycles. The van der Waals surface area contributed by atoms with Crippen molar-refractivity contribution in [3.05, 3.63) is 35.9 Å². The van der Waals surface area contributed by atoms with Crippen molar-refractivity contribution in [1.82, 2.24) is 0 Å². The molecule has 0 bridgehead atoms. The summed E-state index contributed by atoms with van der Waals surface area (Å²) in [4.78, 5) is 9.85. The van der Waals surface area contributed by atoms with Crippen LogP contribution in [-0.4, -0.2) is 6.29 Å². The van der Waals surface area contributed by atoms with E-state index in [1.54, 1.807) is 0 Å². The van der Waals surface area contributed by atoms with E-state index in [0.29, 0.717) is 6.42 Å². The largest absolute Gasteiger partial charge is 0.541 e. The molecule has 1 rings (SSSR count). The first-order valence-corrected chi connectivity index (χ1v) is 2.82. The molecule has 1 radical (unpaired) electrons. The van der Waals surface area contributed by atoms with Crippen molar-refractivity contribution < 1.29 is 42.5 Å². The average Bonchev–Trinajstić information content (AvgIpc) is 1.91. The second-order valence-corrected chi connectivity index (χ2v) is 1.81. The van der Waals surface area contributed by atoms with E-state index in [9.17, 15) is 4.79 Å². The maximum atomic E-state index is 9.85. The Morgan fingerprint density at radius 3 is 2.30 bits per heavy atom. The summed E-state index contributed by atoms with van der Waals surface area (Å²) < 4.78 is 0. The van der Waals surface area contributed by atoms with Crippen LogP contribution >= 0.6 is 0 Å². The van der Waals surface area contributed by atoms with Crippen molar-refractivity contribution in [3.63, 3.8) is 0 Å². The molecule has 0 aliphatic carbocycles. The first-order valence-electron chi connectivity index (χ1n) is 2.82. The Bertz CT molecular complexity index is 184. The zero-order chi connectivity index (χ0) is 6.53. The summed E-state index contributed by atoms with van der Waals surface area (Å²) in [5, 5.41) is 0. The minimum Gasteiger partial charge on any atom is -0.541 e. The van der Waals surface area contributed by atoms with Gasteiger partial charge in [0.1, 0.15) is 0 Å². The smallest absolute Gasteiger partial charge is 0 e. The van der Waals surface area contributed by atoms with Crippen LogP contribution in [0.5, 0.6) is 0 Å². The molecule has 0 aliphatic heterocycles. The van der Waals surface area contributed by atoms with Crippen molar-refractivity contribution in [2.24, 2.45) is 0 Å². The quantitative estimate of drug-likeness (QED) is 0.591. The molecule has 0 spiro atoms. The Hall–Kier alpha value is 0.150. The first-order chi connectivity index (χ1) is 4.43. The third-order valence-corrected chi connectivity index (χ3v) is 1.12. The molecule has 1 nitrogen and oxygen atoms in total. The molecule has 0 unspecified atom stereocenters. The van der Waals surface area contributed by atoms with Crippen LogP contribution in [0.2, 0.25) is 0 Å². The van der Waals surface area contributed by atoms with E-state index < -0.39 is 0 Å². The van der Waals surface area contributed by atoms with E-state index in [0.717, 1.165) is 5.56 Å². The van der Waals surface area contributed by atoms with Crippen molar-refractivity contribution in [2.45, 2.75) is 6.42 Å². The van der Waals surface area contributed by atoms with Gasteiger partial charge in [-0.1, -0.05) is 35.9 Å². The van der Waals surface area contributed by atoms with E-state index in [2.05, 4.69) is 0 Å². The number of benzene rings is 1. The van der Waals surface area contributed by atoms with Gasteiger partial charge in [-0.2, -0.15) is 0 Å². The number of hydrogen-bond acceptors (Lipinski definition) is 1. The number of rotatable bonds is 2. The summed E-state index contributed by atoms with van der Waals surface area (Å²) in [6.07, 6.45) is 2.24. The molecule has 0 saturated carbocycles. The zero-order valence-electron chi connectivity index (χ0n) is 5.30. The molecule has 0 atom stereocenters. The predicted molar refractivity (Wildman–Crippen MR) is 35.8 cm³/mol. The number of hydrogen-bond donors (Lipinski definition) is 0. The van der Waals surface area contributed by atoms with E-state index in [4.69, 9.17) is 0 Å². The second kappa shape index (κ2) is 5.90. The molecular formula is C8H7HoO-. The predicted octanol–water partition coefficient (Wildman–Crippen LogP) is 1.34. The van der Waals surface area contributed by atoms with Crippen LogP contribution in [0.25, 0.3) is 0 Å². The second-order valence-electron chi connectivity index (χ2n) is 1.81. The van der Waals surface area contributed by atoms with Crippen molar-refractivity contribution >= 4 is 6.29 Å². The standard InChI is InChI=1S/C8H7O.Ho/c9-7-6-8-4-2-1-3-5-8;/h1-5H,6H2;/q-1;. The van der Waals surface area contributed by atoms with E-state index in [-0.39, 0.29) is 37.7 Å². The molecule has 0 amide bonds. The van der Waals surface area contributed by atoms with E-state index in [1.807, 2.05) is 36.6 Å². The van der Waals surface area contributed by atoms with E-state index in [1.165, 1.54) is 0 Å². The third-order valence-electron chi connectivity index (χ3n) is 1.12. The van der Waals surface area contributed by atoms with Crippen LogP contribution < -0.4 is 0 Å². The first kappa shape index (κ1) is 10.1. The molecule has 0 aliphatic rings. The third kappa shape index (κ3) is 3.35. The van der Waals surface area contributed by atoms with Gasteiger partial charge in [-0.15, -0.1) is 6.42 Å². The average molecular weight is 284 g/mol. The maximum absolute atomic E-state index is 9.85. The van der Waals surface area contributed by atoms with Gasteiger partial charge in [0, 0.05) is 37.7 Å². The van der Waals surface area contributed by atoms with Crippen molar-refractivity contribution in [3.8, 4) is 0 Å². The Kier molecular flexibility index (Phi) is 5.99. The molecule has 2 heteroatoms. The van der Waals surface area contributed by atoms with Gasteiger partial charge >= 0.3 is 0 Å². The summed E-state index contributed by atoms with van der Waals surface area (Å²) >= 11 is 0. The fourth-order valence-electron chi connectivity index (χ4n) is 0.679. The van der Waals surface area contributed by atoms with Gasteiger partial charge in [0.2, 0.25) is 0 Å². The van der Waals surface area contributed by atoms with E-state index >= 15 is 0 Å². The fraction of sp³-hybridized carbons (Fsp3) is 0.125.